The summed E-state index contributed by atoms with van der Waals surface area (Å²) in [6.45, 7) is 0.653. The van der Waals surface area contributed by atoms with Crippen LogP contribution in [0, 0.1) is 11.7 Å². The van der Waals surface area contributed by atoms with E-state index in [0.29, 0.717) is 23.2 Å². The van der Waals surface area contributed by atoms with Crippen LogP contribution in [0.4, 0.5) is 10.1 Å². The minimum absolute atomic E-state index is 0.0423. The van der Waals surface area contributed by atoms with E-state index in [-0.39, 0.29) is 18.2 Å². The molecule has 148 valence electrons. The molecule has 1 aliphatic carbocycles. The molecule has 2 amide bonds. The lowest BCUT2D eigenvalue weighted by Gasteiger charge is -2.21. The fourth-order valence-corrected chi connectivity index (χ4v) is 4.28. The summed E-state index contributed by atoms with van der Waals surface area (Å²) in [4.78, 5) is 30.5. The number of hydrogen-bond donors (Lipinski definition) is 0. The largest absolute Gasteiger partial charge is 0.312 e. The van der Waals surface area contributed by atoms with Gasteiger partial charge in [-0.3, -0.25) is 9.59 Å². The van der Waals surface area contributed by atoms with Crippen LogP contribution >= 0.6 is 0 Å². The highest BCUT2D eigenvalue weighted by molar-refractivity contribution is 6.19. The zero-order valence-corrected chi connectivity index (χ0v) is 16.2. The summed E-state index contributed by atoms with van der Waals surface area (Å²) in [5.41, 5.74) is 4.46. The van der Waals surface area contributed by atoms with Crippen molar-refractivity contribution in [3.8, 4) is 0 Å². The van der Waals surface area contributed by atoms with Crippen LogP contribution in [0.25, 0.3) is 5.57 Å². The molecule has 30 heavy (non-hydrogen) atoms. The van der Waals surface area contributed by atoms with Crippen molar-refractivity contribution >= 4 is 29.3 Å². The van der Waals surface area contributed by atoms with Gasteiger partial charge < -0.3 is 4.90 Å². The smallest absolute Gasteiger partial charge is 0.257 e. The lowest BCUT2D eigenvalue weighted by molar-refractivity contribution is -0.119. The number of anilines is 1. The van der Waals surface area contributed by atoms with Crippen LogP contribution in [-0.2, 0) is 22.4 Å². The van der Waals surface area contributed by atoms with E-state index in [9.17, 15) is 9.59 Å². The maximum atomic E-state index is 15.0. The molecular weight excluding hydrogens is 379 g/mol. The number of amides is 2. The summed E-state index contributed by atoms with van der Waals surface area (Å²) >= 11 is 0. The number of para-hydroxylation sites is 1. The summed E-state index contributed by atoms with van der Waals surface area (Å²) in [5.74, 6) is -1.18. The van der Waals surface area contributed by atoms with Gasteiger partial charge in [0.1, 0.15) is 5.82 Å². The molecule has 2 aliphatic heterocycles. The third kappa shape index (κ3) is 3.12. The van der Waals surface area contributed by atoms with E-state index in [0.717, 1.165) is 23.2 Å². The molecule has 0 radical (unpaired) electrons. The highest BCUT2D eigenvalue weighted by Crippen LogP contribution is 2.33. The Hall–Kier alpha value is -3.60. The van der Waals surface area contributed by atoms with E-state index >= 15 is 4.39 Å². The van der Waals surface area contributed by atoms with Gasteiger partial charge in [-0.2, -0.15) is 0 Å². The van der Waals surface area contributed by atoms with Crippen molar-refractivity contribution in [3.05, 3.63) is 94.8 Å². The molecule has 2 heterocycles. The number of allylic oxidation sites excluding steroid dienone is 4. The molecule has 1 unspecified atom stereocenters. The fraction of sp³-hybridized carbons (Fsp3) is 0.160. The topological polar surface area (TPSA) is 49.7 Å². The Bertz CT molecular complexity index is 1190. The molecule has 0 aromatic heterocycles. The summed E-state index contributed by atoms with van der Waals surface area (Å²) in [6, 6.07) is 12.7. The van der Waals surface area contributed by atoms with Crippen molar-refractivity contribution < 1.29 is 14.0 Å². The van der Waals surface area contributed by atoms with Crippen LogP contribution < -0.4 is 4.90 Å². The third-order valence-corrected chi connectivity index (χ3v) is 5.79. The Morgan fingerprint density at radius 1 is 1.17 bits per heavy atom. The Kier molecular flexibility index (Phi) is 4.51. The Labute approximate surface area is 173 Å². The standard InChI is InChI=1S/C25H19FN2O2/c26-22-13-16(14-24(29)28-12-11-17-5-1-4-8-23(17)28)9-10-19(22)21-15-27-25(30)20-7-3-2-6-18(20)21/h1-10,13,15,20H,11-12,14H2. The molecule has 4 nitrogen and oxygen atoms in total. The van der Waals surface area contributed by atoms with Crippen LogP contribution in [0.2, 0.25) is 0 Å². The summed E-state index contributed by atoms with van der Waals surface area (Å²) in [6.07, 6.45) is 9.63. The molecule has 0 N–H and O–H groups in total. The SMILES string of the molecule is O=C1N=CC(c2ccc(CC(=O)N3CCc4ccccc43)cc2F)=C2C=CC=CC12. The quantitative estimate of drug-likeness (QED) is 0.783. The third-order valence-electron chi connectivity index (χ3n) is 5.79. The molecule has 1 atom stereocenters. The first-order valence-corrected chi connectivity index (χ1v) is 9.96. The van der Waals surface area contributed by atoms with Gasteiger partial charge in [-0.1, -0.05) is 54.6 Å². The average molecular weight is 398 g/mol. The minimum atomic E-state index is -0.467. The molecule has 0 spiro atoms. The van der Waals surface area contributed by atoms with Crippen molar-refractivity contribution in [3.63, 3.8) is 0 Å². The number of carbonyl (C=O) groups is 2. The monoisotopic (exact) mass is 398 g/mol. The van der Waals surface area contributed by atoms with Gasteiger partial charge in [0.25, 0.3) is 5.91 Å². The molecule has 3 aliphatic rings. The highest BCUT2D eigenvalue weighted by atomic mass is 19.1. The zero-order chi connectivity index (χ0) is 20.7. The predicted octanol–water partition coefficient (Wildman–Crippen LogP) is 4.06. The van der Waals surface area contributed by atoms with Crippen molar-refractivity contribution in [2.45, 2.75) is 12.8 Å². The molecule has 5 rings (SSSR count). The molecule has 0 fully saturated rings. The van der Waals surface area contributed by atoms with Crippen molar-refractivity contribution in [2.75, 3.05) is 11.4 Å². The van der Waals surface area contributed by atoms with Crippen LogP contribution in [0.3, 0.4) is 0 Å². The van der Waals surface area contributed by atoms with Crippen LogP contribution in [0.5, 0.6) is 0 Å². The Morgan fingerprint density at radius 3 is 2.90 bits per heavy atom. The van der Waals surface area contributed by atoms with Crippen molar-refractivity contribution in [1.82, 2.24) is 0 Å². The Balaban J connectivity index is 1.40. The zero-order valence-electron chi connectivity index (χ0n) is 16.2. The molecule has 2 aromatic rings. The van der Waals surface area contributed by atoms with E-state index < -0.39 is 11.7 Å². The number of benzene rings is 2. The number of hydrogen-bond acceptors (Lipinski definition) is 2. The van der Waals surface area contributed by atoms with Gasteiger partial charge in [0.15, 0.2) is 0 Å². The summed E-state index contributed by atoms with van der Waals surface area (Å²) in [7, 11) is 0. The van der Waals surface area contributed by atoms with Crippen molar-refractivity contribution in [1.29, 1.82) is 0 Å². The van der Waals surface area contributed by atoms with Crippen LogP contribution in [-0.4, -0.2) is 24.6 Å². The Morgan fingerprint density at radius 2 is 2.03 bits per heavy atom. The van der Waals surface area contributed by atoms with Gasteiger partial charge in [-0.25, -0.2) is 9.38 Å². The first-order valence-electron chi connectivity index (χ1n) is 9.96. The van der Waals surface area contributed by atoms with E-state index in [1.165, 1.54) is 12.3 Å². The number of dihydropyridines is 1. The van der Waals surface area contributed by atoms with Crippen LogP contribution in [0.15, 0.2) is 77.3 Å². The van der Waals surface area contributed by atoms with E-state index in [1.807, 2.05) is 36.4 Å². The molecule has 0 bridgehead atoms. The minimum Gasteiger partial charge on any atom is -0.312 e. The van der Waals surface area contributed by atoms with Gasteiger partial charge in [0.05, 0.1) is 12.3 Å². The molecule has 2 aromatic carbocycles. The molecule has 0 saturated carbocycles. The fourth-order valence-electron chi connectivity index (χ4n) is 4.28. The van der Waals surface area contributed by atoms with Gasteiger partial charge in [0, 0.05) is 29.6 Å². The number of rotatable bonds is 3. The van der Waals surface area contributed by atoms with Crippen LogP contribution in [0.1, 0.15) is 16.7 Å². The summed E-state index contributed by atoms with van der Waals surface area (Å²) in [5, 5.41) is 0. The number of halogens is 1. The highest BCUT2D eigenvalue weighted by Gasteiger charge is 2.28. The van der Waals surface area contributed by atoms with E-state index in [2.05, 4.69) is 4.99 Å². The second-order valence-electron chi connectivity index (χ2n) is 7.60. The van der Waals surface area contributed by atoms with Crippen molar-refractivity contribution in [2.24, 2.45) is 10.9 Å². The maximum Gasteiger partial charge on any atom is 0.257 e. The average Bonchev–Trinajstić information content (AvgIpc) is 3.19. The summed E-state index contributed by atoms with van der Waals surface area (Å²) < 4.78 is 15.0. The number of nitrogens with zero attached hydrogens (tertiary/aromatic N) is 2. The first-order chi connectivity index (χ1) is 14.6. The number of aliphatic imine (C=N–C) groups is 1. The first kappa shape index (κ1) is 18.4. The van der Waals surface area contributed by atoms with Gasteiger partial charge in [0.2, 0.25) is 5.91 Å². The lowest BCUT2D eigenvalue weighted by Crippen LogP contribution is -2.30. The predicted molar refractivity (Wildman–Crippen MR) is 115 cm³/mol. The number of carbonyl (C=O) groups excluding carboxylic acids is 2. The second-order valence-corrected chi connectivity index (χ2v) is 7.60. The molecule has 5 heteroatoms. The van der Waals surface area contributed by atoms with Gasteiger partial charge >= 0.3 is 0 Å². The maximum absolute atomic E-state index is 15.0. The van der Waals surface area contributed by atoms with Gasteiger partial charge in [-0.05, 0) is 35.3 Å². The second kappa shape index (κ2) is 7.34. The lowest BCUT2D eigenvalue weighted by atomic mass is 9.85. The van der Waals surface area contributed by atoms with Gasteiger partial charge in [-0.15, -0.1) is 0 Å². The molecular formula is C25H19FN2O2. The normalized spacial score (nSPS) is 19.3. The number of fused-ring (bicyclic) bond motifs is 2. The van der Waals surface area contributed by atoms with E-state index in [4.69, 9.17) is 0 Å². The van der Waals surface area contributed by atoms with E-state index in [1.54, 1.807) is 29.2 Å². The molecule has 0 saturated heterocycles.